The van der Waals surface area contributed by atoms with Crippen molar-refractivity contribution in [3.63, 3.8) is 0 Å². The summed E-state index contributed by atoms with van der Waals surface area (Å²) < 4.78 is 58.4. The predicted octanol–water partition coefficient (Wildman–Crippen LogP) is 1.57. The number of benzene rings is 2. The van der Waals surface area contributed by atoms with Crippen molar-refractivity contribution in [3.05, 3.63) is 77.9 Å². The number of likely N-dealkylation sites (tertiary alicyclic amines) is 1. The zero-order valence-corrected chi connectivity index (χ0v) is 57.4. The molecule has 0 spiro atoms. The number of methoxy groups -OCH3 is 2. The van der Waals surface area contributed by atoms with E-state index in [9.17, 15) is 56.4 Å². The summed E-state index contributed by atoms with van der Waals surface area (Å²) in [4.78, 5) is 138. The molecule has 6 N–H and O–H groups in total. The van der Waals surface area contributed by atoms with Crippen LogP contribution in [0.2, 0.25) is 0 Å². The first-order chi connectivity index (χ1) is 44.6. The van der Waals surface area contributed by atoms with Gasteiger partial charge >= 0.3 is 0 Å². The van der Waals surface area contributed by atoms with Crippen molar-refractivity contribution in [1.29, 1.82) is 0 Å². The number of nitrogens with zero attached hydrogens (tertiary/aromatic N) is 4. The van der Waals surface area contributed by atoms with Gasteiger partial charge in [-0.25, -0.2) is 13.1 Å². The van der Waals surface area contributed by atoms with Crippen LogP contribution in [0.4, 0.5) is 0 Å². The summed E-state index contributed by atoms with van der Waals surface area (Å²) in [6, 6.07) is 10.5. The van der Waals surface area contributed by atoms with Crippen molar-refractivity contribution < 1.29 is 80.0 Å². The predicted molar refractivity (Wildman–Crippen MR) is 347 cm³/mol. The van der Waals surface area contributed by atoms with E-state index in [2.05, 4.69) is 31.3 Å². The summed E-state index contributed by atoms with van der Waals surface area (Å²) >= 11 is 0. The normalized spacial score (nSPS) is 17.8. The highest BCUT2D eigenvalue weighted by Crippen LogP contribution is 2.45. The van der Waals surface area contributed by atoms with Crippen molar-refractivity contribution in [3.8, 4) is 0 Å². The molecule has 94 heavy (non-hydrogen) atoms. The maximum atomic E-state index is 14.4. The number of carbonyl (C=O) groups is 10. The quantitative estimate of drug-likeness (QED) is 0.0406. The number of rotatable bonds is 41. The fourth-order valence-corrected chi connectivity index (χ4v) is 12.9. The molecule has 522 valence electrons. The van der Waals surface area contributed by atoms with Crippen molar-refractivity contribution in [2.45, 2.75) is 153 Å². The molecule has 5 rings (SSSR count). The Kier molecular flexibility index (Phi) is 30.7. The first-order valence-electron chi connectivity index (χ1n) is 32.3. The van der Waals surface area contributed by atoms with Crippen LogP contribution >= 0.6 is 0 Å². The smallest absolute Gasteiger partial charge is 0.264 e. The Balaban J connectivity index is 1.13. The lowest BCUT2D eigenvalue weighted by Crippen LogP contribution is -2.56. The molecule has 2 aromatic rings. The molecule has 1 saturated heterocycles. The fourth-order valence-electron chi connectivity index (χ4n) is 11.9. The molecule has 2 aliphatic heterocycles. The summed E-state index contributed by atoms with van der Waals surface area (Å²) in [5.41, 5.74) is 0.356. The summed E-state index contributed by atoms with van der Waals surface area (Å²) in [5.74, 6) is -6.21. The molecular weight excluding hydrogens is 1240 g/mol. The largest absolute Gasteiger partial charge is 0.379 e. The molecule has 0 aromatic heterocycles. The van der Waals surface area contributed by atoms with Crippen LogP contribution in [0.1, 0.15) is 105 Å². The lowest BCUT2D eigenvalue weighted by Gasteiger charge is -2.39. The number of ether oxygens (including phenoxy) is 5. The second kappa shape index (κ2) is 37.2. The van der Waals surface area contributed by atoms with Crippen LogP contribution in [0.25, 0.3) is 0 Å². The van der Waals surface area contributed by atoms with Gasteiger partial charge in [-0.2, -0.15) is 0 Å². The molecule has 2 unspecified atom stereocenters. The number of carbonyl (C=O) groups excluding carboxylic acids is 10. The number of likely N-dealkylation sites (N-methyl/N-ethyl adjacent to an activating group) is 2. The van der Waals surface area contributed by atoms with Gasteiger partial charge in [-0.05, 0) is 80.8 Å². The van der Waals surface area contributed by atoms with Gasteiger partial charge < -0.3 is 60.1 Å². The fraction of sp³-hybridized carbons (Fsp3) is 0.636. The number of hydrogen-bond donors (Lipinski definition) is 6. The monoisotopic (exact) mass is 1340 g/mol. The molecule has 1 aliphatic carbocycles. The third-order valence-corrected chi connectivity index (χ3v) is 18.8. The summed E-state index contributed by atoms with van der Waals surface area (Å²) in [5, 5.41) is 13.8. The molecule has 27 nitrogen and oxygen atoms in total. The molecule has 2 aromatic carbocycles. The highest BCUT2D eigenvalue weighted by Gasteiger charge is 2.47. The number of amides is 10. The Hall–Kier alpha value is -7.21. The zero-order valence-electron chi connectivity index (χ0n) is 56.6. The van der Waals surface area contributed by atoms with Crippen molar-refractivity contribution in [2.24, 2.45) is 23.7 Å². The van der Waals surface area contributed by atoms with Crippen molar-refractivity contribution in [1.82, 2.24) is 50.9 Å². The van der Waals surface area contributed by atoms with Gasteiger partial charge in [-0.15, -0.1) is 0 Å². The summed E-state index contributed by atoms with van der Waals surface area (Å²) in [6.07, 6.45) is 3.37. The molecule has 3 aliphatic rings. The van der Waals surface area contributed by atoms with Crippen LogP contribution in [0.5, 0.6) is 0 Å². The van der Waals surface area contributed by atoms with E-state index in [4.69, 9.17) is 23.7 Å². The van der Waals surface area contributed by atoms with Crippen LogP contribution in [-0.4, -0.2) is 231 Å². The molecule has 9 atom stereocenters. The number of hydrogen-bond acceptors (Lipinski definition) is 18. The highest BCUT2D eigenvalue weighted by molar-refractivity contribution is 7.90. The van der Waals surface area contributed by atoms with Crippen molar-refractivity contribution in [2.75, 3.05) is 101 Å². The first kappa shape index (κ1) is 77.5. The molecule has 10 amide bonds. The van der Waals surface area contributed by atoms with Gasteiger partial charge in [0.25, 0.3) is 27.7 Å². The van der Waals surface area contributed by atoms with E-state index in [1.165, 1.54) is 50.6 Å². The second-order valence-corrected chi connectivity index (χ2v) is 26.8. The average molecular weight is 1340 g/mol. The molecule has 0 radical (unpaired) electrons. The number of sulfonamides is 1. The third kappa shape index (κ3) is 22.5. The van der Waals surface area contributed by atoms with Gasteiger partial charge in [0.15, 0.2) is 0 Å². The molecule has 2 fully saturated rings. The molecule has 2 heterocycles. The van der Waals surface area contributed by atoms with Gasteiger partial charge in [-0.1, -0.05) is 97.4 Å². The van der Waals surface area contributed by atoms with Crippen LogP contribution in [-0.2, 0) is 93.6 Å². The molecule has 1 saturated carbocycles. The minimum Gasteiger partial charge on any atom is -0.379 e. The Morgan fingerprint density at radius 3 is 1.87 bits per heavy atom. The van der Waals surface area contributed by atoms with E-state index >= 15 is 0 Å². The maximum absolute atomic E-state index is 14.4. The Morgan fingerprint density at radius 1 is 0.702 bits per heavy atom. The van der Waals surface area contributed by atoms with E-state index in [1.807, 2.05) is 27.7 Å². The molecule has 28 heteroatoms. The Bertz CT molecular complexity index is 3010. The number of imide groups is 1. The minimum absolute atomic E-state index is 0.00143. The summed E-state index contributed by atoms with van der Waals surface area (Å²) in [7, 11) is 3.63. The number of nitrogens with one attached hydrogen (secondary N) is 6. The molecule has 0 bridgehead atoms. The van der Waals surface area contributed by atoms with Gasteiger partial charge in [0, 0.05) is 52.8 Å². The average Bonchev–Trinajstić information content (AvgIpc) is 1.57. The molecular formula is C66H100N10O17S. The Morgan fingerprint density at radius 2 is 1.31 bits per heavy atom. The lowest BCUT2D eigenvalue weighted by atomic mass is 9.90. The highest BCUT2D eigenvalue weighted by atomic mass is 32.2. The standard InChI is InChI=1S/C66H100N10O17S/c1-13-44(6)60(74(10)57(82)41-68-65(86)59(43(4)5)73(8)9)51(89-11)39-56(81)75-30-17-20-50(75)61(90-12)45(7)62(83)69-49(38-46-18-15-14-16-19-46)63(84)72-94(87,88)48-23-21-47(22-24-48)66(28-29-66)71-53(78)40-67-64(85)58(42(2)3)70-52(77)27-32-91-34-36-93-37-35-92-33-31-76-54(79)25-26-55(76)80/h14-16,18-19,21-26,42-45,49-51,58-61H,13,17,20,27-41H2,1-12H3,(H,67,85)(H,68,86)(H,69,83)(H,70,77)(H,71,78)(H,72,84)/t44-,45+,49-,50-,51+,58?,59?,60-,61+/m0/s1. The van der Waals surface area contributed by atoms with Crippen LogP contribution < -0.4 is 31.3 Å². The van der Waals surface area contributed by atoms with E-state index in [0.717, 1.165) is 4.90 Å². The van der Waals surface area contributed by atoms with Gasteiger partial charge in [0.05, 0.1) is 112 Å². The third-order valence-electron chi connectivity index (χ3n) is 17.4. The SMILES string of the molecule is CC[C@H](C)[C@@H]([C@@H](CC(=O)N1CCC[C@H]1[C@H](OC)[C@@H](C)C(=O)N[C@@H](Cc1ccccc1)C(=O)NS(=O)(=O)c1ccc(C2(NC(=O)CNC(=O)C(NC(=O)CCOCCOCCOCCN3C(=O)C=CC3=O)C(C)C)CC2)cc1)OC)N(C)C(=O)CNC(=O)C(C(C)C)N(C)C. The maximum Gasteiger partial charge on any atom is 0.264 e. The lowest BCUT2D eigenvalue weighted by molar-refractivity contribution is -0.146. The van der Waals surface area contributed by atoms with E-state index in [0.29, 0.717) is 49.8 Å². The van der Waals surface area contributed by atoms with Crippen molar-refractivity contribution >= 4 is 69.1 Å². The minimum atomic E-state index is -4.55. The van der Waals surface area contributed by atoms with Crippen LogP contribution in [0.3, 0.4) is 0 Å². The van der Waals surface area contributed by atoms with E-state index < -0.39 is 100.0 Å². The van der Waals surface area contributed by atoms with E-state index in [-0.39, 0.29) is 124 Å². The zero-order chi connectivity index (χ0) is 69.5. The summed E-state index contributed by atoms with van der Waals surface area (Å²) in [6.45, 7) is 13.9. The van der Waals surface area contributed by atoms with Crippen LogP contribution in [0.15, 0.2) is 71.6 Å². The van der Waals surface area contributed by atoms with E-state index in [1.54, 1.807) is 86.9 Å². The second-order valence-electron chi connectivity index (χ2n) is 25.1. The van der Waals surface area contributed by atoms with Gasteiger partial charge in [0.2, 0.25) is 41.4 Å². The van der Waals surface area contributed by atoms with Gasteiger partial charge in [0.1, 0.15) is 12.1 Å². The first-order valence-corrected chi connectivity index (χ1v) is 33.8. The van der Waals surface area contributed by atoms with Crippen LogP contribution in [0, 0.1) is 23.7 Å². The van der Waals surface area contributed by atoms with Gasteiger partial charge in [-0.3, -0.25) is 57.7 Å². The Labute approximate surface area is 553 Å². The topological polar surface area (TPSA) is 336 Å².